The second-order valence-electron chi connectivity index (χ2n) is 6.38. The highest BCUT2D eigenvalue weighted by molar-refractivity contribution is 6.32. The average Bonchev–Trinajstić information content (AvgIpc) is 2.65. The number of rotatable bonds is 5. The van der Waals surface area contributed by atoms with Gasteiger partial charge in [-0.1, -0.05) is 35.3 Å². The third-order valence-corrected chi connectivity index (χ3v) is 5.06. The molecule has 0 radical (unpaired) electrons. The van der Waals surface area contributed by atoms with E-state index >= 15 is 0 Å². The third kappa shape index (κ3) is 4.42. The number of hydrogen-bond acceptors (Lipinski definition) is 1. The molecule has 0 aliphatic heterocycles. The lowest BCUT2D eigenvalue weighted by Crippen LogP contribution is -2.11. The van der Waals surface area contributed by atoms with Crippen molar-refractivity contribution in [3.63, 3.8) is 0 Å². The van der Waals surface area contributed by atoms with Crippen molar-refractivity contribution >= 4 is 23.2 Å². The van der Waals surface area contributed by atoms with Gasteiger partial charge in [0.2, 0.25) is 0 Å². The molecule has 146 valence electrons. The van der Waals surface area contributed by atoms with Crippen molar-refractivity contribution in [2.45, 2.75) is 18.8 Å². The molecule has 0 amide bonds. The van der Waals surface area contributed by atoms with Gasteiger partial charge < -0.3 is 5.11 Å². The van der Waals surface area contributed by atoms with Gasteiger partial charge >= 0.3 is 0 Å². The Morgan fingerprint density at radius 2 is 1.46 bits per heavy atom. The average molecular weight is 429 g/mol. The van der Waals surface area contributed by atoms with Crippen molar-refractivity contribution in [3.8, 4) is 5.75 Å². The highest BCUT2D eigenvalue weighted by Crippen LogP contribution is 2.38. The lowest BCUT2D eigenvalue weighted by Gasteiger charge is -2.21. The van der Waals surface area contributed by atoms with E-state index in [0.717, 1.165) is 24.3 Å². The van der Waals surface area contributed by atoms with Crippen LogP contribution in [0, 0.1) is 23.3 Å². The molecular formula is C21H14Cl2F4O. The Morgan fingerprint density at radius 3 is 2.14 bits per heavy atom. The number of phenolic OH excluding ortho intramolecular Hbond substituents is 1. The summed E-state index contributed by atoms with van der Waals surface area (Å²) < 4.78 is 55.8. The molecule has 0 aliphatic carbocycles. The van der Waals surface area contributed by atoms with E-state index in [1.807, 2.05) is 0 Å². The van der Waals surface area contributed by atoms with Crippen molar-refractivity contribution in [3.05, 3.63) is 98.5 Å². The van der Waals surface area contributed by atoms with Crippen LogP contribution in [0.3, 0.4) is 0 Å². The SMILES string of the molecule is Oc1c(Cl)cc(F)cc1C(Cc1ccc(F)cc1)Cc1c(F)ccc(Cl)c1F. The Hall–Kier alpha value is -2.24. The summed E-state index contributed by atoms with van der Waals surface area (Å²) in [7, 11) is 0. The van der Waals surface area contributed by atoms with Crippen LogP contribution < -0.4 is 0 Å². The van der Waals surface area contributed by atoms with Crippen LogP contribution >= 0.6 is 23.2 Å². The van der Waals surface area contributed by atoms with Gasteiger partial charge in [-0.15, -0.1) is 0 Å². The molecular weight excluding hydrogens is 415 g/mol. The van der Waals surface area contributed by atoms with Gasteiger partial charge in [-0.2, -0.15) is 0 Å². The fourth-order valence-electron chi connectivity index (χ4n) is 3.10. The zero-order valence-electron chi connectivity index (χ0n) is 14.3. The Morgan fingerprint density at radius 1 is 0.786 bits per heavy atom. The first kappa shape index (κ1) is 20.5. The topological polar surface area (TPSA) is 20.2 Å². The first-order valence-electron chi connectivity index (χ1n) is 8.31. The molecule has 3 aromatic rings. The zero-order valence-corrected chi connectivity index (χ0v) is 15.8. The van der Waals surface area contributed by atoms with E-state index in [2.05, 4.69) is 0 Å². The summed E-state index contributed by atoms with van der Waals surface area (Å²) in [6.45, 7) is 0. The molecule has 7 heteroatoms. The Kier molecular flexibility index (Phi) is 6.16. The largest absolute Gasteiger partial charge is 0.506 e. The standard InChI is InChI=1S/C21H14Cl2F4O/c22-17-5-6-19(26)16(20(17)27)8-12(7-11-1-3-13(24)4-2-11)15-9-14(25)10-18(23)21(15)28/h1-6,9-10,12,28H,7-8H2. The Balaban J connectivity index is 2.07. The molecule has 0 bridgehead atoms. The lowest BCUT2D eigenvalue weighted by molar-refractivity contribution is 0.453. The predicted octanol–water partition coefficient (Wildman–Crippen LogP) is 6.82. The maximum atomic E-state index is 14.4. The monoisotopic (exact) mass is 428 g/mol. The van der Waals surface area contributed by atoms with E-state index in [1.54, 1.807) is 0 Å². The molecule has 0 saturated heterocycles. The van der Waals surface area contributed by atoms with Crippen LogP contribution in [0.4, 0.5) is 17.6 Å². The molecule has 0 fully saturated rings. The minimum absolute atomic E-state index is 0.0908. The fourth-order valence-corrected chi connectivity index (χ4v) is 3.49. The molecule has 0 spiro atoms. The number of halogens is 6. The van der Waals surface area contributed by atoms with E-state index in [1.165, 1.54) is 24.3 Å². The quantitative estimate of drug-likeness (QED) is 0.349. The molecule has 3 rings (SSSR count). The number of benzene rings is 3. The molecule has 3 aromatic carbocycles. The molecule has 1 nitrogen and oxygen atoms in total. The van der Waals surface area contributed by atoms with E-state index in [9.17, 15) is 22.7 Å². The second kappa shape index (κ2) is 8.41. The van der Waals surface area contributed by atoms with Crippen molar-refractivity contribution in [2.24, 2.45) is 0 Å². The molecule has 1 unspecified atom stereocenters. The Bertz CT molecular complexity index is 1010. The lowest BCUT2D eigenvalue weighted by atomic mass is 9.85. The van der Waals surface area contributed by atoms with Gasteiger partial charge in [0.05, 0.1) is 10.0 Å². The van der Waals surface area contributed by atoms with Gasteiger partial charge in [0.1, 0.15) is 29.0 Å². The molecule has 1 atom stereocenters. The normalized spacial score (nSPS) is 12.2. The van der Waals surface area contributed by atoms with Crippen molar-refractivity contribution in [2.75, 3.05) is 0 Å². The zero-order chi connectivity index (χ0) is 20.4. The number of aromatic hydroxyl groups is 1. The first-order chi connectivity index (χ1) is 13.3. The number of phenols is 1. The summed E-state index contributed by atoms with van der Waals surface area (Å²) in [6, 6.07) is 9.63. The van der Waals surface area contributed by atoms with E-state index in [0.29, 0.717) is 5.56 Å². The maximum Gasteiger partial charge on any atom is 0.147 e. The van der Waals surface area contributed by atoms with Gasteiger partial charge in [0.25, 0.3) is 0 Å². The van der Waals surface area contributed by atoms with Gasteiger partial charge in [0, 0.05) is 11.1 Å². The summed E-state index contributed by atoms with van der Waals surface area (Å²) in [5, 5.41) is 9.85. The van der Waals surface area contributed by atoms with Gasteiger partial charge in [-0.3, -0.25) is 0 Å². The smallest absolute Gasteiger partial charge is 0.147 e. The first-order valence-corrected chi connectivity index (χ1v) is 9.06. The van der Waals surface area contributed by atoms with Crippen LogP contribution in [0.2, 0.25) is 10.0 Å². The van der Waals surface area contributed by atoms with Crippen LogP contribution in [0.25, 0.3) is 0 Å². The highest BCUT2D eigenvalue weighted by atomic mass is 35.5. The highest BCUT2D eigenvalue weighted by Gasteiger charge is 2.24. The third-order valence-electron chi connectivity index (χ3n) is 4.48. The minimum atomic E-state index is -0.923. The molecule has 0 aromatic heterocycles. The summed E-state index contributed by atoms with van der Waals surface area (Å²) in [6.07, 6.45) is -0.0675. The van der Waals surface area contributed by atoms with Crippen molar-refractivity contribution in [1.29, 1.82) is 0 Å². The van der Waals surface area contributed by atoms with Crippen molar-refractivity contribution < 1.29 is 22.7 Å². The summed E-state index contributed by atoms with van der Waals surface area (Å²) in [5.74, 6) is -4.00. The van der Waals surface area contributed by atoms with Gasteiger partial charge in [-0.25, -0.2) is 17.6 Å². The molecule has 0 aliphatic rings. The van der Waals surface area contributed by atoms with Gasteiger partial charge in [-0.05, 0) is 60.7 Å². The number of hydrogen-bond donors (Lipinski definition) is 1. The minimum Gasteiger partial charge on any atom is -0.506 e. The predicted molar refractivity (Wildman–Crippen MR) is 101 cm³/mol. The van der Waals surface area contributed by atoms with Crippen LogP contribution in [-0.4, -0.2) is 5.11 Å². The van der Waals surface area contributed by atoms with E-state index in [4.69, 9.17) is 23.2 Å². The van der Waals surface area contributed by atoms with Gasteiger partial charge in [0.15, 0.2) is 0 Å². The maximum absolute atomic E-state index is 14.4. The summed E-state index contributed by atoms with van der Waals surface area (Å²) in [5.41, 5.74) is 0.432. The molecule has 0 heterocycles. The van der Waals surface area contributed by atoms with Crippen LogP contribution in [0.15, 0.2) is 48.5 Å². The summed E-state index contributed by atoms with van der Waals surface area (Å²) in [4.78, 5) is 0. The van der Waals surface area contributed by atoms with Crippen molar-refractivity contribution in [1.82, 2.24) is 0 Å². The summed E-state index contributed by atoms with van der Waals surface area (Å²) >= 11 is 11.6. The van der Waals surface area contributed by atoms with Crippen LogP contribution in [-0.2, 0) is 12.8 Å². The second-order valence-corrected chi connectivity index (χ2v) is 7.19. The van der Waals surface area contributed by atoms with E-state index < -0.39 is 29.2 Å². The van der Waals surface area contributed by atoms with Crippen LogP contribution in [0.5, 0.6) is 5.75 Å². The van der Waals surface area contributed by atoms with E-state index in [-0.39, 0.29) is 39.8 Å². The van der Waals surface area contributed by atoms with Crippen LogP contribution in [0.1, 0.15) is 22.6 Å². The molecule has 1 N–H and O–H groups in total. The molecule has 0 saturated carbocycles. The molecule has 28 heavy (non-hydrogen) atoms. The Labute approximate surface area is 169 Å². The fraction of sp³-hybridized carbons (Fsp3) is 0.143.